The van der Waals surface area contributed by atoms with E-state index in [0.29, 0.717) is 27.6 Å². The highest BCUT2D eigenvalue weighted by Gasteiger charge is 2.16. The summed E-state index contributed by atoms with van der Waals surface area (Å²) in [5, 5.41) is 8.16. The van der Waals surface area contributed by atoms with Crippen molar-refractivity contribution in [3.05, 3.63) is 65.3 Å². The third-order valence-electron chi connectivity index (χ3n) is 3.96. The number of hydrogen-bond donors (Lipinski definition) is 5. The number of benzene rings is 2. The van der Waals surface area contributed by atoms with Crippen LogP contribution < -0.4 is 26.8 Å². The predicted molar refractivity (Wildman–Crippen MR) is 119 cm³/mol. The van der Waals surface area contributed by atoms with Gasteiger partial charge in [-0.25, -0.2) is 0 Å². The monoisotopic (exact) mass is 443 g/mol. The molecule has 0 fully saturated rings. The van der Waals surface area contributed by atoms with Crippen LogP contribution in [-0.2, 0) is 19.2 Å². The lowest BCUT2D eigenvalue weighted by molar-refractivity contribution is -0.136. The van der Waals surface area contributed by atoms with E-state index in [1.807, 2.05) is 0 Å². The Hall–Kier alpha value is -3.85. The number of hydrazine groups is 1. The molecule has 2 aromatic carbocycles. The molecule has 0 saturated heterocycles. The third-order valence-corrected chi connectivity index (χ3v) is 4.37. The highest BCUT2D eigenvalue weighted by Crippen LogP contribution is 2.23. The molecule has 0 unspecified atom stereocenters. The molecule has 0 aromatic heterocycles. The Morgan fingerprint density at radius 2 is 1.45 bits per heavy atom. The molecule has 0 aliphatic rings. The highest BCUT2D eigenvalue weighted by atomic mass is 35.5. The van der Waals surface area contributed by atoms with Gasteiger partial charge in [0.2, 0.25) is 11.8 Å². The molecule has 5 N–H and O–H groups in total. The number of amides is 4. The maximum Gasteiger partial charge on any atom is 0.327 e. The quantitative estimate of drug-likeness (QED) is 0.332. The van der Waals surface area contributed by atoms with Crippen LogP contribution in [0.1, 0.15) is 18.9 Å². The van der Waals surface area contributed by atoms with Gasteiger partial charge in [-0.05, 0) is 36.8 Å². The van der Waals surface area contributed by atoms with Gasteiger partial charge in [-0.3, -0.25) is 24.6 Å². The van der Waals surface area contributed by atoms with Crippen LogP contribution in [0.25, 0.3) is 0 Å². The van der Waals surface area contributed by atoms with Crippen molar-refractivity contribution in [1.82, 2.24) is 10.9 Å². The Labute approximate surface area is 184 Å². The van der Waals surface area contributed by atoms with Crippen molar-refractivity contribution in [2.45, 2.75) is 20.3 Å². The summed E-state index contributed by atoms with van der Waals surface area (Å²) in [6, 6.07) is 11.6. The number of halogens is 1. The van der Waals surface area contributed by atoms with Gasteiger partial charge in [-0.15, -0.1) is 0 Å². The molecule has 0 spiro atoms. The van der Waals surface area contributed by atoms with E-state index in [4.69, 9.17) is 11.6 Å². The Morgan fingerprint density at radius 1 is 0.839 bits per heavy atom. The highest BCUT2D eigenvalue weighted by molar-refractivity contribution is 6.40. The van der Waals surface area contributed by atoms with Crippen LogP contribution in [0.3, 0.4) is 0 Å². The number of carbonyl (C=O) groups excluding carboxylic acids is 4. The number of carbonyl (C=O) groups is 4. The molecule has 0 radical (unpaired) electrons. The van der Waals surface area contributed by atoms with E-state index in [1.165, 1.54) is 6.92 Å². The fraction of sp³-hybridized carbons (Fsp3) is 0.143. The summed E-state index contributed by atoms with van der Waals surface area (Å²) in [6.45, 7) is 6.71. The van der Waals surface area contributed by atoms with Gasteiger partial charge in [0.1, 0.15) is 0 Å². The van der Waals surface area contributed by atoms with E-state index < -0.39 is 17.7 Å². The van der Waals surface area contributed by atoms with E-state index in [2.05, 4.69) is 33.4 Å². The second kappa shape index (κ2) is 10.8. The molecule has 0 aliphatic carbocycles. The van der Waals surface area contributed by atoms with E-state index >= 15 is 0 Å². The van der Waals surface area contributed by atoms with Crippen LogP contribution in [0.4, 0.5) is 17.1 Å². The summed E-state index contributed by atoms with van der Waals surface area (Å²) >= 11 is 5.99. The topological polar surface area (TPSA) is 128 Å². The van der Waals surface area contributed by atoms with Gasteiger partial charge in [0, 0.05) is 23.3 Å². The molecule has 2 aromatic rings. The molecule has 2 rings (SSSR count). The van der Waals surface area contributed by atoms with Gasteiger partial charge in [0.05, 0.1) is 17.8 Å². The van der Waals surface area contributed by atoms with E-state index in [0.717, 1.165) is 0 Å². The number of rotatable bonds is 7. The average molecular weight is 444 g/mol. The lowest BCUT2D eigenvalue weighted by Crippen LogP contribution is -2.43. The first-order valence-electron chi connectivity index (χ1n) is 9.14. The van der Waals surface area contributed by atoms with E-state index in [-0.39, 0.29) is 18.0 Å². The lowest BCUT2D eigenvalue weighted by Gasteiger charge is -2.14. The van der Waals surface area contributed by atoms with Crippen molar-refractivity contribution in [3.8, 4) is 0 Å². The minimum Gasteiger partial charge on any atom is -0.325 e. The van der Waals surface area contributed by atoms with Gasteiger partial charge in [0.25, 0.3) is 0 Å². The van der Waals surface area contributed by atoms with Gasteiger partial charge in [0.15, 0.2) is 0 Å². The first-order chi connectivity index (χ1) is 14.7. The Balaban J connectivity index is 1.84. The molecular formula is C21H22ClN5O4. The van der Waals surface area contributed by atoms with E-state index in [1.54, 1.807) is 49.4 Å². The molecule has 4 amide bonds. The first kappa shape index (κ1) is 23.4. The summed E-state index contributed by atoms with van der Waals surface area (Å²) in [6.07, 6.45) is -0.191. The molecule has 9 nitrogen and oxygen atoms in total. The minimum absolute atomic E-state index is 0.148. The van der Waals surface area contributed by atoms with Crippen LogP contribution in [0.5, 0.6) is 0 Å². The van der Waals surface area contributed by atoms with Crippen LogP contribution in [0.15, 0.2) is 54.7 Å². The lowest BCUT2D eigenvalue weighted by atomic mass is 10.2. The smallest absolute Gasteiger partial charge is 0.325 e. The number of para-hydroxylation sites is 2. The van der Waals surface area contributed by atoms with Crippen LogP contribution in [-0.4, -0.2) is 23.6 Å². The second-order valence-corrected chi connectivity index (χ2v) is 6.91. The standard InChI is InChI=1S/C21H22ClN5O4/c1-12(11-19(29)24-18-9-5-4-8-17(18)23-14(3)28)26-27-21(31)20(30)25-16-10-6-7-15(22)13(16)2/h4-10,26H,1,11H2,2-3H3,(H,23,28)(H,24,29)(H,25,30)(H,27,31). The van der Waals surface area contributed by atoms with Gasteiger partial charge in [-0.1, -0.05) is 36.4 Å². The zero-order chi connectivity index (χ0) is 23.0. The Morgan fingerprint density at radius 3 is 2.10 bits per heavy atom. The summed E-state index contributed by atoms with van der Waals surface area (Å²) in [7, 11) is 0. The van der Waals surface area contributed by atoms with Crippen LogP contribution >= 0.6 is 11.6 Å². The molecule has 31 heavy (non-hydrogen) atoms. The molecule has 0 bridgehead atoms. The SMILES string of the molecule is C=C(CC(=O)Nc1ccccc1NC(C)=O)NNC(=O)C(=O)Nc1cccc(Cl)c1C. The van der Waals surface area contributed by atoms with Crippen LogP contribution in [0.2, 0.25) is 5.02 Å². The predicted octanol–water partition coefficient (Wildman–Crippen LogP) is 2.71. The summed E-state index contributed by atoms with van der Waals surface area (Å²) in [5.74, 6) is -2.61. The van der Waals surface area contributed by atoms with Gasteiger partial charge < -0.3 is 21.4 Å². The van der Waals surface area contributed by atoms with Gasteiger partial charge >= 0.3 is 11.8 Å². The Bertz CT molecular complexity index is 1040. The van der Waals surface area contributed by atoms with Crippen molar-refractivity contribution in [2.75, 3.05) is 16.0 Å². The molecular weight excluding hydrogens is 422 g/mol. The molecule has 0 heterocycles. The van der Waals surface area contributed by atoms with E-state index in [9.17, 15) is 19.2 Å². The zero-order valence-electron chi connectivity index (χ0n) is 17.0. The first-order valence-corrected chi connectivity index (χ1v) is 9.52. The number of hydrogen-bond acceptors (Lipinski definition) is 5. The van der Waals surface area contributed by atoms with Crippen molar-refractivity contribution < 1.29 is 19.2 Å². The summed E-state index contributed by atoms with van der Waals surface area (Å²) in [5.41, 5.74) is 6.64. The van der Waals surface area contributed by atoms with Gasteiger partial charge in [-0.2, -0.15) is 0 Å². The maximum atomic E-state index is 12.2. The van der Waals surface area contributed by atoms with Crippen molar-refractivity contribution in [2.24, 2.45) is 0 Å². The maximum absolute atomic E-state index is 12.2. The average Bonchev–Trinajstić information content (AvgIpc) is 2.70. The minimum atomic E-state index is -0.975. The Kier molecular flexibility index (Phi) is 8.16. The molecule has 0 aliphatic heterocycles. The molecule has 10 heteroatoms. The fourth-order valence-corrected chi connectivity index (χ4v) is 2.62. The van der Waals surface area contributed by atoms with Crippen LogP contribution in [0, 0.1) is 6.92 Å². The second-order valence-electron chi connectivity index (χ2n) is 6.50. The molecule has 0 saturated carbocycles. The normalized spacial score (nSPS) is 9.90. The van der Waals surface area contributed by atoms with Crippen molar-refractivity contribution >= 4 is 52.3 Å². The fourth-order valence-electron chi connectivity index (χ4n) is 2.45. The third kappa shape index (κ3) is 7.16. The molecule has 0 atom stereocenters. The van der Waals surface area contributed by atoms with Crippen molar-refractivity contribution in [3.63, 3.8) is 0 Å². The zero-order valence-corrected chi connectivity index (χ0v) is 17.7. The summed E-state index contributed by atoms with van der Waals surface area (Å²) in [4.78, 5) is 47.5. The summed E-state index contributed by atoms with van der Waals surface area (Å²) < 4.78 is 0. The molecule has 162 valence electrons. The number of nitrogens with one attached hydrogen (secondary N) is 5. The number of anilines is 3. The van der Waals surface area contributed by atoms with Crippen molar-refractivity contribution in [1.29, 1.82) is 0 Å². The largest absolute Gasteiger partial charge is 0.327 e.